The number of carbonyl (C=O) groups excluding carboxylic acids is 2. The Morgan fingerprint density at radius 3 is 2.22 bits per heavy atom. The quantitative estimate of drug-likeness (QED) is 0.344. The molecule has 6 aliphatic rings. The first kappa shape index (κ1) is 29.9. The lowest BCUT2D eigenvalue weighted by Crippen LogP contribution is -2.61. The highest BCUT2D eigenvalue weighted by molar-refractivity contribution is 7.80. The number of hydrogen-bond acceptors (Lipinski definition) is 3. The molecule has 0 aromatic rings. The molecule has 0 radical (unpaired) electrons. The van der Waals surface area contributed by atoms with Crippen molar-refractivity contribution in [3.63, 3.8) is 0 Å². The van der Waals surface area contributed by atoms with Gasteiger partial charge in [0.1, 0.15) is 0 Å². The van der Waals surface area contributed by atoms with Crippen LogP contribution >= 0.6 is 12.2 Å². The van der Waals surface area contributed by atoms with E-state index in [0.717, 1.165) is 43.9 Å². The van der Waals surface area contributed by atoms with Crippen LogP contribution in [0.2, 0.25) is 0 Å². The summed E-state index contributed by atoms with van der Waals surface area (Å²) in [7, 11) is 2.05. The molecule has 1 heterocycles. The van der Waals surface area contributed by atoms with Crippen LogP contribution in [-0.2, 0) is 9.59 Å². The molecule has 2 amide bonds. The van der Waals surface area contributed by atoms with Gasteiger partial charge in [-0.05, 0) is 123 Å². The van der Waals surface area contributed by atoms with Crippen LogP contribution in [0.4, 0.5) is 0 Å². The zero-order valence-electron chi connectivity index (χ0n) is 26.3. The summed E-state index contributed by atoms with van der Waals surface area (Å²) in [5.41, 5.74) is 0.300. The molecule has 41 heavy (non-hydrogen) atoms. The van der Waals surface area contributed by atoms with Gasteiger partial charge in [-0.15, -0.1) is 0 Å². The molecule has 6 heteroatoms. The van der Waals surface area contributed by atoms with E-state index in [1.54, 1.807) is 0 Å². The van der Waals surface area contributed by atoms with E-state index >= 15 is 0 Å². The van der Waals surface area contributed by atoms with Crippen molar-refractivity contribution in [2.45, 2.75) is 135 Å². The van der Waals surface area contributed by atoms with Gasteiger partial charge in [0, 0.05) is 38.5 Å². The van der Waals surface area contributed by atoms with Crippen molar-refractivity contribution >= 4 is 29.1 Å². The lowest BCUT2D eigenvalue weighted by atomic mass is 9.47. The Labute approximate surface area is 255 Å². The number of rotatable bonds is 5. The second-order valence-corrected chi connectivity index (χ2v) is 16.2. The summed E-state index contributed by atoms with van der Waals surface area (Å²) in [6.45, 7) is 6.72. The smallest absolute Gasteiger partial charge is 0.232 e. The molecule has 7 atom stereocenters. The predicted molar refractivity (Wildman–Crippen MR) is 169 cm³/mol. The van der Waals surface area contributed by atoms with Crippen molar-refractivity contribution in [2.24, 2.45) is 46.3 Å². The number of thiocarbonyl (C=S) groups is 1. The Morgan fingerprint density at radius 1 is 0.854 bits per heavy atom. The fourth-order valence-electron chi connectivity index (χ4n) is 11.4. The molecule has 6 rings (SSSR count). The number of amides is 2. The maximum atomic E-state index is 14.7. The third kappa shape index (κ3) is 5.50. The number of likely N-dealkylation sites (tertiary alicyclic amines) is 1. The van der Waals surface area contributed by atoms with Crippen LogP contribution in [0.25, 0.3) is 0 Å². The van der Waals surface area contributed by atoms with Gasteiger partial charge in [0.25, 0.3) is 0 Å². The summed E-state index contributed by atoms with van der Waals surface area (Å²) in [4.78, 5) is 31.4. The molecule has 5 nitrogen and oxygen atoms in total. The normalized spacial score (nSPS) is 39.9. The SMILES string of the molecule is CN1C(=O)CC[C@@]2(C)C1CC[C@@H]1[C@H]2CC[C@]2(C)C(C(=O)N(CC3CCCCC3)C(=S)NCC3CCCCC3)CC[C@@H]12. The number of hydrogen-bond donors (Lipinski definition) is 1. The molecule has 6 fully saturated rings. The zero-order chi connectivity index (χ0) is 28.8. The average Bonchev–Trinajstić information content (AvgIpc) is 3.35. The predicted octanol–water partition coefficient (Wildman–Crippen LogP) is 7.33. The molecule has 1 N–H and O–H groups in total. The van der Waals surface area contributed by atoms with Gasteiger partial charge in [0.15, 0.2) is 5.11 Å². The molecular weight excluding hydrogens is 526 g/mol. The third-order valence-electron chi connectivity index (χ3n) is 13.8. The molecule has 2 unspecified atom stereocenters. The van der Waals surface area contributed by atoms with Crippen molar-refractivity contribution in [3.05, 3.63) is 0 Å². The fourth-order valence-corrected chi connectivity index (χ4v) is 11.6. The molecule has 5 aliphatic carbocycles. The Hall–Kier alpha value is -1.17. The van der Waals surface area contributed by atoms with Gasteiger partial charge in [-0.2, -0.15) is 0 Å². The van der Waals surface area contributed by atoms with Crippen LogP contribution in [0.15, 0.2) is 0 Å². The van der Waals surface area contributed by atoms with Gasteiger partial charge < -0.3 is 10.2 Å². The standard InChI is InChI=1S/C35H57N3O2S/c1-34-20-18-28-26(14-17-30-35(28,2)21-19-31(39)37(30)3)27(34)15-16-29(34)32(40)38(23-25-12-8-5-9-13-25)33(41)36-22-24-10-6-4-7-11-24/h24-30H,4-23H2,1-3H3,(H,36,41)/t26-,27-,28+,29?,30?,34-,35+/m0/s1. The highest BCUT2D eigenvalue weighted by atomic mass is 32.1. The van der Waals surface area contributed by atoms with Crippen molar-refractivity contribution in [2.75, 3.05) is 20.1 Å². The number of piperidine rings is 1. The second-order valence-electron chi connectivity index (χ2n) is 15.8. The molecular formula is C35H57N3O2S. The van der Waals surface area contributed by atoms with E-state index in [1.165, 1.54) is 83.5 Å². The van der Waals surface area contributed by atoms with Crippen LogP contribution in [0.5, 0.6) is 0 Å². The number of nitrogens with one attached hydrogen (secondary N) is 1. The fraction of sp³-hybridized carbons (Fsp3) is 0.914. The van der Waals surface area contributed by atoms with Crippen LogP contribution in [0.1, 0.15) is 129 Å². The highest BCUT2D eigenvalue weighted by Gasteiger charge is 2.62. The first-order valence-corrected chi connectivity index (χ1v) is 18.0. The van der Waals surface area contributed by atoms with Crippen LogP contribution < -0.4 is 5.32 Å². The largest absolute Gasteiger partial charge is 0.362 e. The number of nitrogens with zero attached hydrogens (tertiary/aromatic N) is 2. The monoisotopic (exact) mass is 583 g/mol. The summed E-state index contributed by atoms with van der Waals surface area (Å²) in [6.07, 6.45) is 21.7. The number of carbonyl (C=O) groups is 2. The van der Waals surface area contributed by atoms with Crippen LogP contribution in [0.3, 0.4) is 0 Å². The summed E-state index contributed by atoms with van der Waals surface area (Å²) < 4.78 is 0. The van der Waals surface area contributed by atoms with Gasteiger partial charge in [0.05, 0.1) is 0 Å². The highest BCUT2D eigenvalue weighted by Crippen LogP contribution is 2.66. The van der Waals surface area contributed by atoms with E-state index in [9.17, 15) is 9.59 Å². The lowest BCUT2D eigenvalue weighted by Gasteiger charge is -2.61. The first-order chi connectivity index (χ1) is 19.7. The van der Waals surface area contributed by atoms with Crippen molar-refractivity contribution in [1.82, 2.24) is 15.1 Å². The Kier molecular flexibility index (Phi) is 8.80. The Balaban J connectivity index is 1.18. The average molecular weight is 584 g/mol. The van der Waals surface area contributed by atoms with Crippen molar-refractivity contribution in [1.29, 1.82) is 0 Å². The second kappa shape index (κ2) is 12.1. The van der Waals surface area contributed by atoms with E-state index in [-0.39, 0.29) is 16.7 Å². The van der Waals surface area contributed by atoms with E-state index in [4.69, 9.17) is 12.2 Å². The maximum Gasteiger partial charge on any atom is 0.232 e. The minimum absolute atomic E-state index is 0.0711. The molecule has 1 aliphatic heterocycles. The molecule has 0 spiro atoms. The van der Waals surface area contributed by atoms with Crippen LogP contribution in [-0.4, -0.2) is 52.9 Å². The van der Waals surface area contributed by atoms with E-state index in [1.807, 2.05) is 7.05 Å². The summed E-state index contributed by atoms with van der Waals surface area (Å²) in [5, 5.41) is 4.34. The molecule has 0 aromatic heterocycles. The molecule has 5 saturated carbocycles. The van der Waals surface area contributed by atoms with Gasteiger partial charge in [0.2, 0.25) is 11.8 Å². The van der Waals surface area contributed by atoms with Gasteiger partial charge in [-0.25, -0.2) is 0 Å². The Morgan fingerprint density at radius 2 is 1.51 bits per heavy atom. The Bertz CT molecular complexity index is 990. The summed E-state index contributed by atoms with van der Waals surface area (Å²) in [6, 6.07) is 0.395. The van der Waals surface area contributed by atoms with Crippen molar-refractivity contribution < 1.29 is 9.59 Å². The van der Waals surface area contributed by atoms with Gasteiger partial charge in [-0.1, -0.05) is 52.4 Å². The molecule has 0 bridgehead atoms. The minimum atomic E-state index is 0.0711. The van der Waals surface area contributed by atoms with E-state index in [0.29, 0.717) is 53.9 Å². The zero-order valence-corrected chi connectivity index (χ0v) is 27.1. The number of fused-ring (bicyclic) bond motifs is 5. The molecule has 1 saturated heterocycles. The maximum absolute atomic E-state index is 14.7. The van der Waals surface area contributed by atoms with Gasteiger partial charge >= 0.3 is 0 Å². The van der Waals surface area contributed by atoms with Crippen molar-refractivity contribution in [3.8, 4) is 0 Å². The van der Waals surface area contributed by atoms with E-state index < -0.39 is 0 Å². The van der Waals surface area contributed by atoms with E-state index in [2.05, 4.69) is 29.0 Å². The third-order valence-corrected chi connectivity index (χ3v) is 14.2. The summed E-state index contributed by atoms with van der Waals surface area (Å²) in [5.74, 6) is 4.04. The molecule has 230 valence electrons. The minimum Gasteiger partial charge on any atom is -0.362 e. The van der Waals surface area contributed by atoms with Crippen LogP contribution in [0, 0.1) is 46.3 Å². The summed E-state index contributed by atoms with van der Waals surface area (Å²) >= 11 is 6.06. The topological polar surface area (TPSA) is 52.7 Å². The van der Waals surface area contributed by atoms with Gasteiger partial charge in [-0.3, -0.25) is 14.5 Å². The lowest BCUT2D eigenvalue weighted by molar-refractivity contribution is -0.160. The first-order valence-electron chi connectivity index (χ1n) is 17.6. The molecule has 0 aromatic carbocycles.